The van der Waals surface area contributed by atoms with Crippen molar-refractivity contribution in [1.82, 2.24) is 29.1 Å². The molecular formula is C46H38Cl2N8S2. The molecule has 0 aliphatic heterocycles. The van der Waals surface area contributed by atoms with E-state index >= 15 is 0 Å². The Morgan fingerprint density at radius 2 is 1.00 bits per heavy atom. The van der Waals surface area contributed by atoms with Gasteiger partial charge in [0.25, 0.3) is 0 Å². The predicted molar refractivity (Wildman–Crippen MR) is 244 cm³/mol. The summed E-state index contributed by atoms with van der Waals surface area (Å²) in [6.07, 6.45) is 5.28. The minimum Gasteiger partial charge on any atom is -0.330 e. The van der Waals surface area contributed by atoms with E-state index in [1.54, 1.807) is 22.7 Å². The van der Waals surface area contributed by atoms with Crippen molar-refractivity contribution in [2.24, 2.45) is 11.5 Å². The topological polar surface area (TPSA) is 113 Å². The van der Waals surface area contributed by atoms with Gasteiger partial charge < -0.3 is 11.5 Å². The molecule has 10 rings (SSSR count). The molecule has 58 heavy (non-hydrogen) atoms. The van der Waals surface area contributed by atoms with Crippen LogP contribution < -0.4 is 11.5 Å². The SMILES string of the molecule is Cc1nc2cnc3ccc(-c4cccs4)cc3c2n1-c1ccc(CCN)cc1Cl.Cc1nc2cnc3ccc(-c4cccs4)cc3c2n1-c1ccc(CCN)cc1Cl. The third-order valence-corrected chi connectivity index (χ3v) is 12.7. The van der Waals surface area contributed by atoms with Crippen LogP contribution in [-0.4, -0.2) is 42.2 Å². The molecule has 0 fully saturated rings. The summed E-state index contributed by atoms with van der Waals surface area (Å²) in [4.78, 5) is 21.2. The van der Waals surface area contributed by atoms with Gasteiger partial charge in [-0.2, -0.15) is 0 Å². The number of hydrogen-bond donors (Lipinski definition) is 2. The highest BCUT2D eigenvalue weighted by Crippen LogP contribution is 2.36. The number of imidazole rings is 2. The maximum Gasteiger partial charge on any atom is 0.111 e. The molecule has 4 aromatic carbocycles. The van der Waals surface area contributed by atoms with Crippen molar-refractivity contribution in [2.45, 2.75) is 26.7 Å². The minimum absolute atomic E-state index is 0.602. The molecule has 0 spiro atoms. The summed E-state index contributed by atoms with van der Waals surface area (Å²) in [7, 11) is 0. The first-order chi connectivity index (χ1) is 28.3. The van der Waals surface area contributed by atoms with Gasteiger partial charge in [-0.05, 0) is 133 Å². The van der Waals surface area contributed by atoms with Crippen molar-refractivity contribution in [2.75, 3.05) is 13.1 Å². The molecule has 0 radical (unpaired) electrons. The Hall–Kier alpha value is -5.46. The molecule has 0 bridgehead atoms. The van der Waals surface area contributed by atoms with Crippen LogP contribution in [0.5, 0.6) is 0 Å². The molecule has 0 aliphatic rings. The van der Waals surface area contributed by atoms with Crippen LogP contribution in [0, 0.1) is 13.8 Å². The fourth-order valence-electron chi connectivity index (χ4n) is 7.63. The van der Waals surface area contributed by atoms with Crippen molar-refractivity contribution < 1.29 is 0 Å². The normalized spacial score (nSPS) is 11.6. The van der Waals surface area contributed by atoms with Gasteiger partial charge in [0.1, 0.15) is 22.7 Å². The summed E-state index contributed by atoms with van der Waals surface area (Å²) in [5, 5.41) is 7.70. The Kier molecular flexibility index (Phi) is 10.5. The zero-order valence-electron chi connectivity index (χ0n) is 31.8. The molecule has 0 atom stereocenters. The number of aryl methyl sites for hydroxylation is 2. The molecule has 12 heteroatoms. The summed E-state index contributed by atoms with van der Waals surface area (Å²) in [6.45, 7) is 5.20. The predicted octanol–water partition coefficient (Wildman–Crippen LogP) is 11.5. The Balaban J connectivity index is 0.000000150. The van der Waals surface area contributed by atoms with Crippen LogP contribution in [0.15, 0.2) is 120 Å². The first-order valence-electron chi connectivity index (χ1n) is 18.9. The van der Waals surface area contributed by atoms with E-state index in [4.69, 9.17) is 44.6 Å². The monoisotopic (exact) mass is 836 g/mol. The van der Waals surface area contributed by atoms with Crippen LogP contribution in [0.1, 0.15) is 22.8 Å². The van der Waals surface area contributed by atoms with Crippen molar-refractivity contribution in [3.05, 3.63) is 153 Å². The van der Waals surface area contributed by atoms with Crippen molar-refractivity contribution in [3.63, 3.8) is 0 Å². The third-order valence-electron chi connectivity index (χ3n) is 10.3. The van der Waals surface area contributed by atoms with E-state index in [1.807, 2.05) is 38.4 Å². The van der Waals surface area contributed by atoms with E-state index in [1.165, 1.54) is 20.9 Å². The molecule has 10 aromatic rings. The van der Waals surface area contributed by atoms with Gasteiger partial charge in [0.05, 0.1) is 55.9 Å². The first kappa shape index (κ1) is 38.1. The number of aromatic nitrogens is 6. The molecule has 6 heterocycles. The van der Waals surface area contributed by atoms with Gasteiger partial charge in [-0.25, -0.2) is 9.97 Å². The molecule has 0 aliphatic carbocycles. The number of rotatable bonds is 8. The maximum absolute atomic E-state index is 6.69. The summed E-state index contributed by atoms with van der Waals surface area (Å²) < 4.78 is 4.26. The van der Waals surface area contributed by atoms with Gasteiger partial charge in [-0.1, -0.05) is 59.6 Å². The maximum atomic E-state index is 6.69. The van der Waals surface area contributed by atoms with Crippen LogP contribution in [-0.2, 0) is 12.8 Å². The van der Waals surface area contributed by atoms with Crippen LogP contribution in [0.2, 0.25) is 10.0 Å². The number of halogens is 2. The van der Waals surface area contributed by atoms with E-state index < -0.39 is 0 Å². The molecule has 0 amide bonds. The lowest BCUT2D eigenvalue weighted by Crippen LogP contribution is -2.04. The van der Waals surface area contributed by atoms with Crippen LogP contribution in [0.3, 0.4) is 0 Å². The summed E-state index contributed by atoms with van der Waals surface area (Å²) in [5.41, 5.74) is 23.5. The number of nitrogens with zero attached hydrogens (tertiary/aromatic N) is 6. The van der Waals surface area contributed by atoms with E-state index in [2.05, 4.69) is 115 Å². The Bertz CT molecular complexity index is 2890. The van der Waals surface area contributed by atoms with Crippen LogP contribution in [0.25, 0.3) is 76.1 Å². The standard InChI is InChI=1S/2C23H19ClN4S/c2*1-14-27-20-13-26-19-6-5-16(22-3-2-10-29-22)12-17(19)23(20)28(14)21-7-4-15(8-9-25)11-18(21)24/h2*2-7,10-13H,8-9,25H2,1H3. The highest BCUT2D eigenvalue weighted by Gasteiger charge is 2.18. The Labute approximate surface area is 353 Å². The van der Waals surface area contributed by atoms with E-state index in [0.717, 1.165) is 90.9 Å². The zero-order valence-corrected chi connectivity index (χ0v) is 34.9. The van der Waals surface area contributed by atoms with Gasteiger partial charge in [0.2, 0.25) is 0 Å². The van der Waals surface area contributed by atoms with E-state index in [-0.39, 0.29) is 0 Å². The second kappa shape index (κ2) is 16.1. The molecule has 4 N–H and O–H groups in total. The highest BCUT2D eigenvalue weighted by atomic mass is 35.5. The Morgan fingerprint density at radius 3 is 1.38 bits per heavy atom. The number of fused-ring (bicyclic) bond motifs is 6. The van der Waals surface area contributed by atoms with E-state index in [0.29, 0.717) is 23.1 Å². The molecule has 6 aromatic heterocycles. The zero-order chi connectivity index (χ0) is 39.9. The molecule has 0 saturated heterocycles. The number of thiophene rings is 2. The molecule has 0 unspecified atom stereocenters. The van der Waals surface area contributed by atoms with Crippen LogP contribution >= 0.6 is 45.9 Å². The molecule has 8 nitrogen and oxygen atoms in total. The average molecular weight is 838 g/mol. The first-order valence-corrected chi connectivity index (χ1v) is 21.4. The Morgan fingerprint density at radius 1 is 0.552 bits per heavy atom. The molecule has 288 valence electrons. The summed E-state index contributed by atoms with van der Waals surface area (Å²) >= 11 is 16.8. The lowest BCUT2D eigenvalue weighted by atomic mass is 10.1. The third kappa shape index (κ3) is 7.06. The average Bonchev–Trinajstić information content (AvgIpc) is 4.06. The molecule has 0 saturated carbocycles. The van der Waals surface area contributed by atoms with Gasteiger partial charge in [0, 0.05) is 20.5 Å². The fourth-order valence-corrected chi connectivity index (χ4v) is 9.65. The number of pyridine rings is 2. The smallest absolute Gasteiger partial charge is 0.111 e. The van der Waals surface area contributed by atoms with Crippen molar-refractivity contribution >= 4 is 89.7 Å². The minimum atomic E-state index is 0.602. The van der Waals surface area contributed by atoms with Crippen molar-refractivity contribution in [3.8, 4) is 32.3 Å². The second-order valence-electron chi connectivity index (χ2n) is 14.0. The second-order valence-corrected chi connectivity index (χ2v) is 16.8. The number of nitrogens with two attached hydrogens (primary N) is 2. The fraction of sp³-hybridized carbons (Fsp3) is 0.130. The van der Waals surface area contributed by atoms with Crippen molar-refractivity contribution in [1.29, 1.82) is 0 Å². The largest absolute Gasteiger partial charge is 0.330 e. The summed E-state index contributed by atoms with van der Waals surface area (Å²) in [5.74, 6) is 1.76. The summed E-state index contributed by atoms with van der Waals surface area (Å²) in [6, 6.07) is 33.5. The quantitative estimate of drug-likeness (QED) is 0.158. The van der Waals surface area contributed by atoms with Gasteiger partial charge in [-0.3, -0.25) is 19.1 Å². The van der Waals surface area contributed by atoms with Gasteiger partial charge in [-0.15, -0.1) is 22.7 Å². The lowest BCUT2D eigenvalue weighted by molar-refractivity contribution is 0.961. The van der Waals surface area contributed by atoms with E-state index in [9.17, 15) is 0 Å². The van der Waals surface area contributed by atoms with Gasteiger partial charge in [0.15, 0.2) is 0 Å². The highest BCUT2D eigenvalue weighted by molar-refractivity contribution is 7.13. The number of hydrogen-bond acceptors (Lipinski definition) is 8. The van der Waals surface area contributed by atoms with Gasteiger partial charge >= 0.3 is 0 Å². The molecular weight excluding hydrogens is 800 g/mol. The number of benzene rings is 4. The lowest BCUT2D eigenvalue weighted by Gasteiger charge is -2.12. The van der Waals surface area contributed by atoms with Crippen LogP contribution in [0.4, 0.5) is 0 Å².